The van der Waals surface area contributed by atoms with Gasteiger partial charge >= 0.3 is 0 Å². The number of hydrogen-bond donors (Lipinski definition) is 1. The topological polar surface area (TPSA) is 49.0 Å². The second-order valence-corrected chi connectivity index (χ2v) is 5.64. The molecule has 1 N–H and O–H groups in total. The Labute approximate surface area is 119 Å². The largest absolute Gasteiger partial charge is 0.337 e. The summed E-state index contributed by atoms with van der Waals surface area (Å²) < 4.78 is 0. The highest BCUT2D eigenvalue weighted by Gasteiger charge is 2.25. The highest BCUT2D eigenvalue weighted by atomic mass is 16.2. The fraction of sp³-hybridized carbons (Fsp3) is 0.500. The van der Waals surface area contributed by atoms with E-state index in [1.807, 2.05) is 29.2 Å². The fourth-order valence-corrected chi connectivity index (χ4v) is 3.11. The Morgan fingerprint density at radius 2 is 2.10 bits per heavy atom. The van der Waals surface area contributed by atoms with Crippen LogP contribution in [0.4, 0.5) is 0 Å². The number of para-hydroxylation sites is 1. The first kappa shape index (κ1) is 13.2. The first-order valence-corrected chi connectivity index (χ1v) is 7.52. The summed E-state index contributed by atoms with van der Waals surface area (Å²) in [5, 5.41) is 8.07. The molecule has 1 aliphatic rings. The van der Waals surface area contributed by atoms with Crippen LogP contribution in [0.15, 0.2) is 24.3 Å². The van der Waals surface area contributed by atoms with E-state index in [1.54, 1.807) is 0 Å². The van der Waals surface area contributed by atoms with Crippen LogP contribution in [0.3, 0.4) is 0 Å². The summed E-state index contributed by atoms with van der Waals surface area (Å²) in [6.45, 7) is 3.96. The van der Waals surface area contributed by atoms with Gasteiger partial charge in [0.1, 0.15) is 0 Å². The smallest absolute Gasteiger partial charge is 0.274 e. The third kappa shape index (κ3) is 2.42. The van der Waals surface area contributed by atoms with Crippen molar-refractivity contribution in [1.29, 1.82) is 0 Å². The molecule has 2 aromatic rings. The molecule has 4 heteroatoms. The first-order chi connectivity index (χ1) is 9.79. The van der Waals surface area contributed by atoms with Crippen LogP contribution in [0.5, 0.6) is 0 Å². The van der Waals surface area contributed by atoms with Gasteiger partial charge in [-0.15, -0.1) is 0 Å². The Morgan fingerprint density at radius 3 is 2.85 bits per heavy atom. The van der Waals surface area contributed by atoms with Gasteiger partial charge in [0.2, 0.25) is 0 Å². The van der Waals surface area contributed by atoms with Crippen molar-refractivity contribution < 1.29 is 4.79 Å². The summed E-state index contributed by atoms with van der Waals surface area (Å²) in [6.07, 6.45) is 4.78. The average molecular weight is 271 g/mol. The van der Waals surface area contributed by atoms with E-state index >= 15 is 0 Å². The molecular formula is C16H21N3O. The molecule has 1 aromatic carbocycles. The van der Waals surface area contributed by atoms with E-state index in [-0.39, 0.29) is 5.91 Å². The van der Waals surface area contributed by atoms with Crippen LogP contribution in [0.25, 0.3) is 10.9 Å². The zero-order chi connectivity index (χ0) is 13.9. The van der Waals surface area contributed by atoms with E-state index in [0.29, 0.717) is 5.69 Å². The van der Waals surface area contributed by atoms with Crippen molar-refractivity contribution >= 4 is 16.8 Å². The van der Waals surface area contributed by atoms with Gasteiger partial charge in [-0.3, -0.25) is 9.89 Å². The standard InChI is InChI=1S/C16H21N3O/c1-2-5-12-8-10-19(11-9-12)16(20)15-13-6-3-4-7-14(13)17-18-15/h3-4,6-7,12H,2,5,8-11H2,1H3,(H,17,18). The van der Waals surface area contributed by atoms with E-state index in [2.05, 4.69) is 17.1 Å². The number of hydrogen-bond acceptors (Lipinski definition) is 2. The van der Waals surface area contributed by atoms with Gasteiger partial charge in [-0.1, -0.05) is 38.0 Å². The van der Waals surface area contributed by atoms with Crippen LogP contribution < -0.4 is 0 Å². The molecule has 3 rings (SSSR count). The van der Waals surface area contributed by atoms with Crippen molar-refractivity contribution in [3.63, 3.8) is 0 Å². The van der Waals surface area contributed by atoms with Gasteiger partial charge in [-0.05, 0) is 24.8 Å². The van der Waals surface area contributed by atoms with E-state index in [1.165, 1.54) is 12.8 Å². The fourth-order valence-electron chi connectivity index (χ4n) is 3.11. The van der Waals surface area contributed by atoms with E-state index in [4.69, 9.17) is 0 Å². The van der Waals surface area contributed by atoms with Crippen LogP contribution in [0, 0.1) is 5.92 Å². The number of amides is 1. The van der Waals surface area contributed by atoms with Crippen LogP contribution in [-0.2, 0) is 0 Å². The second-order valence-electron chi connectivity index (χ2n) is 5.64. The molecule has 0 radical (unpaired) electrons. The Hall–Kier alpha value is -1.84. The molecule has 0 bridgehead atoms. The number of carbonyl (C=O) groups excluding carboxylic acids is 1. The molecule has 0 unspecified atom stereocenters. The first-order valence-electron chi connectivity index (χ1n) is 7.52. The van der Waals surface area contributed by atoms with E-state index < -0.39 is 0 Å². The second kappa shape index (κ2) is 5.65. The SMILES string of the molecule is CCCC1CCN(C(=O)c2n[nH]c3ccccc23)CC1. The maximum atomic E-state index is 12.6. The number of benzene rings is 1. The summed E-state index contributed by atoms with van der Waals surface area (Å²) in [5.41, 5.74) is 1.49. The molecule has 1 amide bonds. The van der Waals surface area contributed by atoms with Crippen molar-refractivity contribution in [3.8, 4) is 0 Å². The van der Waals surface area contributed by atoms with Crippen molar-refractivity contribution in [3.05, 3.63) is 30.0 Å². The highest BCUT2D eigenvalue weighted by molar-refractivity contribution is 6.04. The number of likely N-dealkylation sites (tertiary alicyclic amines) is 1. The summed E-state index contributed by atoms with van der Waals surface area (Å²) in [6, 6.07) is 7.80. The number of aromatic amines is 1. The van der Waals surface area contributed by atoms with Gasteiger partial charge in [-0.25, -0.2) is 0 Å². The minimum Gasteiger partial charge on any atom is -0.337 e. The molecule has 4 nitrogen and oxygen atoms in total. The maximum absolute atomic E-state index is 12.6. The molecule has 0 atom stereocenters. The summed E-state index contributed by atoms with van der Waals surface area (Å²) in [4.78, 5) is 14.5. The van der Waals surface area contributed by atoms with E-state index in [0.717, 1.165) is 42.8 Å². The zero-order valence-corrected chi connectivity index (χ0v) is 11.9. The van der Waals surface area contributed by atoms with Crippen molar-refractivity contribution in [2.24, 2.45) is 5.92 Å². The monoisotopic (exact) mass is 271 g/mol. The van der Waals surface area contributed by atoms with Gasteiger partial charge in [0.05, 0.1) is 5.52 Å². The Bertz CT molecular complexity index is 597. The van der Waals surface area contributed by atoms with Crippen LogP contribution in [0.1, 0.15) is 43.1 Å². The molecule has 0 saturated carbocycles. The number of aromatic nitrogens is 2. The van der Waals surface area contributed by atoms with Gasteiger partial charge in [0.15, 0.2) is 5.69 Å². The lowest BCUT2D eigenvalue weighted by Gasteiger charge is -2.31. The van der Waals surface area contributed by atoms with Gasteiger partial charge in [0, 0.05) is 18.5 Å². The number of carbonyl (C=O) groups is 1. The van der Waals surface area contributed by atoms with Crippen molar-refractivity contribution in [2.45, 2.75) is 32.6 Å². The normalized spacial score (nSPS) is 16.8. The molecule has 0 aliphatic carbocycles. The Balaban J connectivity index is 1.74. The van der Waals surface area contributed by atoms with Crippen molar-refractivity contribution in [2.75, 3.05) is 13.1 Å². The lowest BCUT2D eigenvalue weighted by molar-refractivity contribution is 0.0682. The minimum absolute atomic E-state index is 0.0670. The van der Waals surface area contributed by atoms with Gasteiger partial charge in [0.25, 0.3) is 5.91 Å². The lowest BCUT2D eigenvalue weighted by Crippen LogP contribution is -2.38. The summed E-state index contributed by atoms with van der Waals surface area (Å²) >= 11 is 0. The van der Waals surface area contributed by atoms with Crippen molar-refractivity contribution in [1.82, 2.24) is 15.1 Å². The summed E-state index contributed by atoms with van der Waals surface area (Å²) in [5.74, 6) is 0.859. The predicted octanol–water partition coefficient (Wildman–Crippen LogP) is 3.22. The van der Waals surface area contributed by atoms with Gasteiger partial charge in [-0.2, -0.15) is 5.10 Å². The Kier molecular flexibility index (Phi) is 3.72. The number of rotatable bonds is 3. The molecule has 1 saturated heterocycles. The quantitative estimate of drug-likeness (QED) is 0.931. The predicted molar refractivity (Wildman–Crippen MR) is 79.6 cm³/mol. The number of H-pyrrole nitrogens is 1. The third-order valence-electron chi connectivity index (χ3n) is 4.27. The summed E-state index contributed by atoms with van der Waals surface area (Å²) in [7, 11) is 0. The molecule has 20 heavy (non-hydrogen) atoms. The average Bonchev–Trinajstić information content (AvgIpc) is 2.92. The third-order valence-corrected chi connectivity index (χ3v) is 4.27. The number of nitrogens with one attached hydrogen (secondary N) is 1. The van der Waals surface area contributed by atoms with Crippen LogP contribution >= 0.6 is 0 Å². The molecule has 1 fully saturated rings. The molecular weight excluding hydrogens is 250 g/mol. The molecule has 106 valence electrons. The lowest BCUT2D eigenvalue weighted by atomic mass is 9.92. The highest BCUT2D eigenvalue weighted by Crippen LogP contribution is 2.24. The van der Waals surface area contributed by atoms with Gasteiger partial charge < -0.3 is 4.90 Å². The number of nitrogens with zero attached hydrogens (tertiary/aromatic N) is 2. The molecule has 1 aliphatic heterocycles. The van der Waals surface area contributed by atoms with Crippen LogP contribution in [-0.4, -0.2) is 34.1 Å². The van der Waals surface area contributed by atoms with E-state index in [9.17, 15) is 4.79 Å². The number of fused-ring (bicyclic) bond motifs is 1. The Morgan fingerprint density at radius 1 is 1.35 bits per heavy atom. The molecule has 1 aromatic heterocycles. The van der Waals surface area contributed by atoms with Crippen LogP contribution in [0.2, 0.25) is 0 Å². The zero-order valence-electron chi connectivity index (χ0n) is 11.9. The molecule has 0 spiro atoms. The maximum Gasteiger partial charge on any atom is 0.274 e. The number of piperidine rings is 1. The molecule has 2 heterocycles. The minimum atomic E-state index is 0.0670.